The Morgan fingerprint density at radius 1 is 1.00 bits per heavy atom. The van der Waals surface area contributed by atoms with Gasteiger partial charge < -0.3 is 19.1 Å². The molecule has 0 aromatic heterocycles. The second-order valence-corrected chi connectivity index (χ2v) is 6.31. The predicted molar refractivity (Wildman–Crippen MR) is 109 cm³/mol. The van der Waals surface area contributed by atoms with Crippen LogP contribution in [0.15, 0.2) is 42.5 Å². The molecule has 0 bridgehead atoms. The monoisotopic (exact) mass is 386 g/mol. The van der Waals surface area contributed by atoms with E-state index in [0.29, 0.717) is 0 Å². The lowest BCUT2D eigenvalue weighted by Crippen LogP contribution is -2.18. The van der Waals surface area contributed by atoms with Crippen LogP contribution in [-0.4, -0.2) is 44.7 Å². The van der Waals surface area contributed by atoms with Gasteiger partial charge in [0.15, 0.2) is 17.2 Å². The molecule has 7 heteroatoms. The molecule has 7 nitrogen and oxygen atoms in total. The maximum Gasteiger partial charge on any atom is 0.310 e. The van der Waals surface area contributed by atoms with Crippen molar-refractivity contribution in [3.63, 3.8) is 0 Å². The van der Waals surface area contributed by atoms with Gasteiger partial charge in [-0.2, -0.15) is 0 Å². The van der Waals surface area contributed by atoms with Crippen LogP contribution in [0.4, 0.5) is 5.69 Å². The van der Waals surface area contributed by atoms with Crippen molar-refractivity contribution >= 4 is 11.8 Å². The van der Waals surface area contributed by atoms with Crippen LogP contribution < -0.4 is 14.2 Å². The summed E-state index contributed by atoms with van der Waals surface area (Å²) in [7, 11) is 6.73. The van der Waals surface area contributed by atoms with Crippen LogP contribution in [0, 0.1) is 10.1 Å². The van der Waals surface area contributed by atoms with E-state index in [1.165, 1.54) is 13.2 Å². The summed E-state index contributed by atoms with van der Waals surface area (Å²) in [5, 5.41) is 10.9. The number of nitrogens with zero attached hydrogens (tertiary/aromatic N) is 2. The number of ether oxygens (including phenoxy) is 3. The molecule has 0 amide bonds. The fourth-order valence-corrected chi connectivity index (χ4v) is 2.83. The molecule has 0 aliphatic carbocycles. The highest BCUT2D eigenvalue weighted by molar-refractivity contribution is 5.58. The van der Waals surface area contributed by atoms with Crippen molar-refractivity contribution in [2.24, 2.45) is 0 Å². The number of rotatable bonds is 10. The maximum atomic E-state index is 10.9. The first kappa shape index (κ1) is 21.2. The summed E-state index contributed by atoms with van der Waals surface area (Å²) in [5.74, 6) is 1.70. The Morgan fingerprint density at radius 2 is 1.71 bits per heavy atom. The van der Waals surface area contributed by atoms with Crippen molar-refractivity contribution in [1.82, 2.24) is 4.90 Å². The molecule has 0 spiro atoms. The van der Waals surface area contributed by atoms with E-state index >= 15 is 0 Å². The normalized spacial score (nSPS) is 11.0. The minimum absolute atomic E-state index is 0.0331. The third-order valence-corrected chi connectivity index (χ3v) is 4.29. The number of nitro benzene ring substituents is 1. The van der Waals surface area contributed by atoms with Gasteiger partial charge in [0.1, 0.15) is 0 Å². The van der Waals surface area contributed by atoms with Gasteiger partial charge in [-0.1, -0.05) is 18.2 Å². The third kappa shape index (κ3) is 5.72. The van der Waals surface area contributed by atoms with Gasteiger partial charge in [-0.3, -0.25) is 10.1 Å². The van der Waals surface area contributed by atoms with Crippen molar-refractivity contribution < 1.29 is 19.1 Å². The molecule has 2 aromatic rings. The number of hydrogen-bond donors (Lipinski definition) is 0. The lowest BCUT2D eigenvalue weighted by Gasteiger charge is -2.17. The van der Waals surface area contributed by atoms with Crippen LogP contribution in [0.5, 0.6) is 17.2 Å². The van der Waals surface area contributed by atoms with Gasteiger partial charge in [-0.15, -0.1) is 0 Å². The minimum Gasteiger partial charge on any atom is -0.493 e. The van der Waals surface area contributed by atoms with E-state index in [9.17, 15) is 10.1 Å². The van der Waals surface area contributed by atoms with Crippen LogP contribution >= 0.6 is 0 Å². The van der Waals surface area contributed by atoms with Crippen LogP contribution in [0.3, 0.4) is 0 Å². The summed E-state index contributed by atoms with van der Waals surface area (Å²) in [5.41, 5.74) is 1.98. The standard InChI is InChI=1S/C21H26N2O5/c1-22(15-17-9-11-19(26-2)21(14-17)28-4)12-6-5-7-16-8-10-18(23(24)25)20(13-16)27-3/h5,7-11,13-14H,6,12,15H2,1-4H3. The average molecular weight is 386 g/mol. The first-order valence-corrected chi connectivity index (χ1v) is 8.87. The van der Waals surface area contributed by atoms with E-state index in [1.807, 2.05) is 30.4 Å². The molecule has 0 unspecified atom stereocenters. The van der Waals surface area contributed by atoms with Gasteiger partial charge in [-0.05, 0) is 48.9 Å². The zero-order valence-corrected chi connectivity index (χ0v) is 16.7. The van der Waals surface area contributed by atoms with E-state index in [2.05, 4.69) is 11.9 Å². The van der Waals surface area contributed by atoms with Crippen molar-refractivity contribution in [3.05, 3.63) is 63.7 Å². The van der Waals surface area contributed by atoms with Crippen LogP contribution in [0.2, 0.25) is 0 Å². The predicted octanol–water partition coefficient (Wildman–Crippen LogP) is 4.16. The summed E-state index contributed by atoms with van der Waals surface area (Å²) in [6.45, 7) is 1.66. The van der Waals surface area contributed by atoms with E-state index in [4.69, 9.17) is 14.2 Å². The van der Waals surface area contributed by atoms with E-state index in [1.54, 1.807) is 26.4 Å². The first-order chi connectivity index (χ1) is 13.5. The molecule has 0 saturated carbocycles. The smallest absolute Gasteiger partial charge is 0.310 e. The Kier molecular flexibility index (Phi) is 7.83. The number of methoxy groups -OCH3 is 3. The van der Waals surface area contributed by atoms with Crippen molar-refractivity contribution in [3.8, 4) is 17.2 Å². The summed E-state index contributed by atoms with van der Waals surface area (Å²) < 4.78 is 15.7. The van der Waals surface area contributed by atoms with Crippen LogP contribution in [-0.2, 0) is 6.54 Å². The summed E-state index contributed by atoms with van der Waals surface area (Å²) in [4.78, 5) is 12.7. The van der Waals surface area contributed by atoms with Gasteiger partial charge in [-0.25, -0.2) is 0 Å². The Balaban J connectivity index is 1.90. The summed E-state index contributed by atoms with van der Waals surface area (Å²) in [6.07, 6.45) is 4.84. The Bertz CT molecular complexity index is 836. The van der Waals surface area contributed by atoms with Crippen molar-refractivity contribution in [1.29, 1.82) is 0 Å². The molecule has 0 heterocycles. The van der Waals surface area contributed by atoms with E-state index in [-0.39, 0.29) is 11.4 Å². The molecule has 0 N–H and O–H groups in total. The van der Waals surface area contributed by atoms with Crippen molar-refractivity contribution in [2.45, 2.75) is 13.0 Å². The number of nitro groups is 1. The summed E-state index contributed by atoms with van der Waals surface area (Å²) >= 11 is 0. The van der Waals surface area contributed by atoms with Gasteiger partial charge >= 0.3 is 5.69 Å². The molecule has 0 fully saturated rings. The quantitative estimate of drug-likeness (QED) is 0.451. The highest BCUT2D eigenvalue weighted by atomic mass is 16.6. The molecule has 0 aliphatic rings. The fourth-order valence-electron chi connectivity index (χ4n) is 2.83. The number of benzene rings is 2. The topological polar surface area (TPSA) is 74.1 Å². The van der Waals surface area contributed by atoms with Gasteiger partial charge in [0.2, 0.25) is 0 Å². The zero-order chi connectivity index (χ0) is 20.5. The van der Waals surface area contributed by atoms with Crippen LogP contribution in [0.25, 0.3) is 6.08 Å². The molecule has 28 heavy (non-hydrogen) atoms. The second-order valence-electron chi connectivity index (χ2n) is 6.31. The van der Waals surface area contributed by atoms with Crippen molar-refractivity contribution in [2.75, 3.05) is 34.9 Å². The van der Waals surface area contributed by atoms with E-state index < -0.39 is 4.92 Å². The molecular formula is C21H26N2O5. The van der Waals surface area contributed by atoms with Gasteiger partial charge in [0, 0.05) is 19.2 Å². The second kappa shape index (κ2) is 10.3. The molecule has 0 radical (unpaired) electrons. The average Bonchev–Trinajstić information content (AvgIpc) is 2.70. The molecule has 2 aromatic carbocycles. The first-order valence-electron chi connectivity index (χ1n) is 8.87. The SMILES string of the molecule is COc1ccc(CN(C)CCC=Cc2ccc([N+](=O)[O-])c(OC)c2)cc1OC. The lowest BCUT2D eigenvalue weighted by molar-refractivity contribution is -0.385. The fraction of sp³-hybridized carbons (Fsp3) is 0.333. The highest BCUT2D eigenvalue weighted by Crippen LogP contribution is 2.29. The molecule has 0 atom stereocenters. The van der Waals surface area contributed by atoms with E-state index in [0.717, 1.165) is 42.1 Å². The molecule has 2 rings (SSSR count). The molecular weight excluding hydrogens is 360 g/mol. The molecule has 0 aliphatic heterocycles. The maximum absolute atomic E-state index is 10.9. The third-order valence-electron chi connectivity index (χ3n) is 4.29. The highest BCUT2D eigenvalue weighted by Gasteiger charge is 2.13. The Labute approximate surface area is 165 Å². The Hall–Kier alpha value is -3.06. The van der Waals surface area contributed by atoms with Gasteiger partial charge in [0.25, 0.3) is 0 Å². The molecule has 150 valence electrons. The molecule has 0 saturated heterocycles. The zero-order valence-electron chi connectivity index (χ0n) is 16.7. The number of hydrogen-bond acceptors (Lipinski definition) is 6. The van der Waals surface area contributed by atoms with Gasteiger partial charge in [0.05, 0.1) is 26.3 Å². The minimum atomic E-state index is -0.449. The summed E-state index contributed by atoms with van der Waals surface area (Å²) in [6, 6.07) is 10.8. The lowest BCUT2D eigenvalue weighted by atomic mass is 10.1. The van der Waals surface area contributed by atoms with Crippen LogP contribution in [0.1, 0.15) is 17.5 Å². The largest absolute Gasteiger partial charge is 0.493 e. The Morgan fingerprint density at radius 3 is 2.36 bits per heavy atom.